The number of carbonyl (C=O) groups is 2. The zero-order chi connectivity index (χ0) is 16.6. The van der Waals surface area contributed by atoms with E-state index >= 15 is 0 Å². The summed E-state index contributed by atoms with van der Waals surface area (Å²) in [5.74, 6) is -1.79. The fourth-order valence-electron chi connectivity index (χ4n) is 2.81. The van der Waals surface area contributed by atoms with Crippen LogP contribution in [0.3, 0.4) is 0 Å². The molecule has 2 atom stereocenters. The lowest BCUT2D eigenvalue weighted by molar-refractivity contribution is -0.140. The SMILES string of the molecule is CC1(C)[C@H](C(=O)O)[C@@H]1C(=O)NCc1nc(-c2ccncc2)no1. The number of amides is 1. The molecule has 0 aliphatic heterocycles. The fraction of sp³-hybridized carbons (Fsp3) is 0.400. The molecule has 8 heteroatoms. The lowest BCUT2D eigenvalue weighted by Crippen LogP contribution is -2.27. The van der Waals surface area contributed by atoms with Gasteiger partial charge in [0.05, 0.1) is 18.4 Å². The molecule has 1 aliphatic rings. The Labute approximate surface area is 131 Å². The number of aliphatic carboxylic acids is 1. The highest BCUT2D eigenvalue weighted by molar-refractivity contribution is 5.91. The van der Waals surface area contributed by atoms with Crippen molar-refractivity contribution in [1.82, 2.24) is 20.4 Å². The third-order valence-electron chi connectivity index (χ3n) is 4.20. The van der Waals surface area contributed by atoms with Crippen LogP contribution < -0.4 is 5.32 Å². The third-order valence-corrected chi connectivity index (χ3v) is 4.20. The largest absolute Gasteiger partial charge is 0.481 e. The molecule has 2 heterocycles. The number of nitrogens with zero attached hydrogens (tertiary/aromatic N) is 3. The van der Waals surface area contributed by atoms with Crippen LogP contribution >= 0.6 is 0 Å². The van der Waals surface area contributed by atoms with Gasteiger partial charge in [0.25, 0.3) is 0 Å². The fourth-order valence-corrected chi connectivity index (χ4v) is 2.81. The molecule has 2 aromatic rings. The molecule has 1 aliphatic carbocycles. The Kier molecular flexibility index (Phi) is 3.59. The van der Waals surface area contributed by atoms with Crippen LogP contribution in [0, 0.1) is 17.3 Å². The first kappa shape index (κ1) is 15.1. The van der Waals surface area contributed by atoms with Crippen LogP contribution in [0.2, 0.25) is 0 Å². The van der Waals surface area contributed by atoms with E-state index in [1.807, 2.05) is 0 Å². The van der Waals surface area contributed by atoms with Crippen molar-refractivity contribution in [3.05, 3.63) is 30.4 Å². The van der Waals surface area contributed by atoms with Crippen LogP contribution in [0.1, 0.15) is 19.7 Å². The lowest BCUT2D eigenvalue weighted by Gasteiger charge is -2.02. The quantitative estimate of drug-likeness (QED) is 0.848. The summed E-state index contributed by atoms with van der Waals surface area (Å²) in [6.45, 7) is 3.60. The second kappa shape index (κ2) is 5.45. The van der Waals surface area contributed by atoms with Crippen LogP contribution in [0.4, 0.5) is 0 Å². The van der Waals surface area contributed by atoms with Gasteiger partial charge in [-0.15, -0.1) is 0 Å². The number of carbonyl (C=O) groups excluding carboxylic acids is 1. The maximum atomic E-state index is 12.1. The Bertz CT molecular complexity index is 741. The van der Waals surface area contributed by atoms with E-state index in [2.05, 4.69) is 20.4 Å². The van der Waals surface area contributed by atoms with Crippen LogP contribution in [-0.4, -0.2) is 32.1 Å². The Morgan fingerprint density at radius 1 is 1.30 bits per heavy atom. The van der Waals surface area contributed by atoms with Gasteiger partial charge < -0.3 is 14.9 Å². The molecule has 0 bridgehead atoms. The van der Waals surface area contributed by atoms with E-state index in [9.17, 15) is 9.59 Å². The average Bonchev–Trinajstić information content (AvgIpc) is 2.88. The van der Waals surface area contributed by atoms with Crippen LogP contribution in [0.5, 0.6) is 0 Å². The van der Waals surface area contributed by atoms with E-state index in [0.29, 0.717) is 5.82 Å². The van der Waals surface area contributed by atoms with Gasteiger partial charge >= 0.3 is 5.97 Å². The molecule has 0 spiro atoms. The number of pyridine rings is 1. The van der Waals surface area contributed by atoms with Crippen molar-refractivity contribution in [3.63, 3.8) is 0 Å². The predicted molar refractivity (Wildman–Crippen MR) is 77.8 cm³/mol. The van der Waals surface area contributed by atoms with E-state index in [1.54, 1.807) is 38.4 Å². The molecule has 0 aromatic carbocycles. The van der Waals surface area contributed by atoms with Gasteiger partial charge in [0.1, 0.15) is 0 Å². The normalized spacial score (nSPS) is 21.7. The van der Waals surface area contributed by atoms with E-state index in [1.165, 1.54) is 0 Å². The molecule has 2 N–H and O–H groups in total. The van der Waals surface area contributed by atoms with Gasteiger partial charge in [0, 0.05) is 18.0 Å². The number of nitrogens with one attached hydrogen (secondary N) is 1. The second-order valence-electron chi connectivity index (χ2n) is 6.08. The van der Waals surface area contributed by atoms with Gasteiger partial charge in [-0.3, -0.25) is 14.6 Å². The van der Waals surface area contributed by atoms with Gasteiger partial charge in [0.15, 0.2) is 0 Å². The smallest absolute Gasteiger partial charge is 0.307 e. The second-order valence-corrected chi connectivity index (χ2v) is 6.08. The highest BCUT2D eigenvalue weighted by atomic mass is 16.5. The summed E-state index contributed by atoms with van der Waals surface area (Å²) in [4.78, 5) is 31.3. The van der Waals surface area contributed by atoms with Crippen molar-refractivity contribution in [1.29, 1.82) is 0 Å². The molecule has 2 aromatic heterocycles. The van der Waals surface area contributed by atoms with Crippen LogP contribution in [0.25, 0.3) is 11.4 Å². The standard InChI is InChI=1S/C15H16N4O4/c1-15(2)10(11(15)14(21)22)13(20)17-7-9-18-12(19-23-9)8-3-5-16-6-4-8/h3-6,10-11H,7H2,1-2H3,(H,17,20)(H,21,22)/t10-,11+/m1/s1. The summed E-state index contributed by atoms with van der Waals surface area (Å²) < 4.78 is 5.08. The minimum absolute atomic E-state index is 0.0653. The molecule has 1 fully saturated rings. The first-order chi connectivity index (χ1) is 10.9. The number of rotatable bonds is 5. The summed E-state index contributed by atoms with van der Waals surface area (Å²) in [6.07, 6.45) is 3.24. The van der Waals surface area contributed by atoms with Crippen molar-refractivity contribution in [3.8, 4) is 11.4 Å². The molecule has 1 amide bonds. The molecule has 1 saturated carbocycles. The Morgan fingerprint density at radius 2 is 2.00 bits per heavy atom. The van der Waals surface area contributed by atoms with E-state index in [-0.39, 0.29) is 18.3 Å². The van der Waals surface area contributed by atoms with Gasteiger partial charge in [-0.25, -0.2) is 0 Å². The Hall–Kier alpha value is -2.77. The predicted octanol–water partition coefficient (Wildman–Crippen LogP) is 1.10. The molecule has 8 nitrogen and oxygen atoms in total. The first-order valence-corrected chi connectivity index (χ1v) is 7.14. The molecule has 3 rings (SSSR count). The Morgan fingerprint density at radius 3 is 2.61 bits per heavy atom. The lowest BCUT2D eigenvalue weighted by atomic mass is 10.1. The molecule has 23 heavy (non-hydrogen) atoms. The molecular formula is C15H16N4O4. The molecular weight excluding hydrogens is 300 g/mol. The van der Waals surface area contributed by atoms with E-state index in [0.717, 1.165) is 5.56 Å². The highest BCUT2D eigenvalue weighted by Crippen LogP contribution is 2.58. The summed E-state index contributed by atoms with van der Waals surface area (Å²) in [6, 6.07) is 3.49. The Balaban J connectivity index is 1.61. The van der Waals surface area contributed by atoms with Crippen molar-refractivity contribution in [2.24, 2.45) is 17.3 Å². The number of aromatic nitrogens is 3. The van der Waals surface area contributed by atoms with Crippen molar-refractivity contribution >= 4 is 11.9 Å². The number of hydrogen-bond donors (Lipinski definition) is 2. The number of carboxylic acid groups (broad SMARTS) is 1. The van der Waals surface area contributed by atoms with Gasteiger partial charge in [-0.2, -0.15) is 4.98 Å². The van der Waals surface area contributed by atoms with E-state index < -0.39 is 23.2 Å². The summed E-state index contributed by atoms with van der Waals surface area (Å²) >= 11 is 0. The van der Waals surface area contributed by atoms with Crippen LogP contribution in [-0.2, 0) is 16.1 Å². The highest BCUT2D eigenvalue weighted by Gasteiger charge is 2.65. The minimum atomic E-state index is -0.951. The summed E-state index contributed by atoms with van der Waals surface area (Å²) in [7, 11) is 0. The van der Waals surface area contributed by atoms with Crippen molar-refractivity contribution < 1.29 is 19.2 Å². The zero-order valence-electron chi connectivity index (χ0n) is 12.7. The first-order valence-electron chi connectivity index (χ1n) is 7.14. The van der Waals surface area contributed by atoms with Crippen LogP contribution in [0.15, 0.2) is 29.0 Å². The molecule has 120 valence electrons. The summed E-state index contributed by atoms with van der Waals surface area (Å²) in [5.41, 5.74) is 0.225. The monoisotopic (exact) mass is 316 g/mol. The van der Waals surface area contributed by atoms with Crippen molar-refractivity contribution in [2.45, 2.75) is 20.4 Å². The maximum absolute atomic E-state index is 12.1. The number of hydrogen-bond acceptors (Lipinski definition) is 6. The molecule has 0 unspecified atom stereocenters. The maximum Gasteiger partial charge on any atom is 0.307 e. The molecule has 0 saturated heterocycles. The average molecular weight is 316 g/mol. The van der Waals surface area contributed by atoms with E-state index in [4.69, 9.17) is 9.63 Å². The summed E-state index contributed by atoms with van der Waals surface area (Å²) in [5, 5.41) is 15.6. The van der Waals surface area contributed by atoms with Gasteiger partial charge in [-0.05, 0) is 17.5 Å². The van der Waals surface area contributed by atoms with Crippen molar-refractivity contribution in [2.75, 3.05) is 0 Å². The van der Waals surface area contributed by atoms with Gasteiger partial charge in [-0.1, -0.05) is 19.0 Å². The minimum Gasteiger partial charge on any atom is -0.481 e. The molecule has 0 radical (unpaired) electrons. The zero-order valence-corrected chi connectivity index (χ0v) is 12.7. The third kappa shape index (κ3) is 2.79. The van der Waals surface area contributed by atoms with Gasteiger partial charge in [0.2, 0.25) is 17.6 Å². The topological polar surface area (TPSA) is 118 Å². The number of carboxylic acids is 1.